The van der Waals surface area contributed by atoms with Crippen LogP contribution in [0.1, 0.15) is 39.2 Å². The number of esters is 1. The average molecular weight is 328 g/mol. The largest absolute Gasteiger partial charge is 0.465 e. The van der Waals surface area contributed by atoms with E-state index in [0.717, 1.165) is 5.56 Å². The molecule has 22 heavy (non-hydrogen) atoms. The lowest BCUT2D eigenvalue weighted by molar-refractivity contribution is -0.143. The van der Waals surface area contributed by atoms with E-state index < -0.39 is 19.2 Å². The molecule has 124 valence electrons. The van der Waals surface area contributed by atoms with Crippen LogP contribution < -0.4 is 0 Å². The Morgan fingerprint density at radius 1 is 1.05 bits per heavy atom. The van der Waals surface area contributed by atoms with Gasteiger partial charge in [-0.05, 0) is 26.3 Å². The van der Waals surface area contributed by atoms with Gasteiger partial charge in [0, 0.05) is 5.92 Å². The third-order valence-electron chi connectivity index (χ3n) is 3.29. The summed E-state index contributed by atoms with van der Waals surface area (Å²) in [5.41, 5.74) is -0.0880. The highest BCUT2D eigenvalue weighted by atomic mass is 31.2. The minimum Gasteiger partial charge on any atom is -0.465 e. The Balaban J connectivity index is 3.22. The van der Waals surface area contributed by atoms with Crippen molar-refractivity contribution in [2.75, 3.05) is 19.8 Å². The minimum atomic E-state index is -3.61. The summed E-state index contributed by atoms with van der Waals surface area (Å²) in [7, 11) is -3.61. The lowest BCUT2D eigenvalue weighted by atomic mass is 9.97. The zero-order valence-corrected chi connectivity index (χ0v) is 14.5. The minimum absolute atomic E-state index is 0.203. The van der Waals surface area contributed by atoms with Crippen LogP contribution in [0.4, 0.5) is 0 Å². The molecule has 0 amide bonds. The van der Waals surface area contributed by atoms with Crippen LogP contribution in [-0.2, 0) is 23.1 Å². The van der Waals surface area contributed by atoms with Gasteiger partial charge in [-0.25, -0.2) is 0 Å². The molecule has 5 nitrogen and oxygen atoms in total. The van der Waals surface area contributed by atoms with E-state index in [4.69, 9.17) is 13.8 Å². The molecule has 2 atom stereocenters. The Hall–Kier alpha value is -1.16. The quantitative estimate of drug-likeness (QED) is 0.507. The molecule has 0 aliphatic rings. The summed E-state index contributed by atoms with van der Waals surface area (Å²) in [5, 5.41) is 0. The number of hydrogen-bond donors (Lipinski definition) is 0. The smallest absolute Gasteiger partial charge is 0.345 e. The maximum absolute atomic E-state index is 13.1. The van der Waals surface area contributed by atoms with Gasteiger partial charge in [-0.1, -0.05) is 37.3 Å². The second-order valence-electron chi connectivity index (χ2n) is 4.77. The topological polar surface area (TPSA) is 61.8 Å². The van der Waals surface area contributed by atoms with Crippen LogP contribution in [-0.4, -0.2) is 31.4 Å². The third-order valence-corrected chi connectivity index (χ3v) is 5.86. The van der Waals surface area contributed by atoms with Crippen molar-refractivity contribution in [3.8, 4) is 0 Å². The van der Waals surface area contributed by atoms with Gasteiger partial charge in [-0.2, -0.15) is 0 Å². The van der Waals surface area contributed by atoms with E-state index in [9.17, 15) is 9.36 Å². The molecule has 1 aromatic carbocycles. The van der Waals surface area contributed by atoms with Crippen molar-refractivity contribution >= 4 is 13.6 Å². The molecule has 0 spiro atoms. The lowest BCUT2D eigenvalue weighted by Crippen LogP contribution is -2.31. The Morgan fingerprint density at radius 3 is 2.05 bits per heavy atom. The van der Waals surface area contributed by atoms with Crippen LogP contribution in [0.25, 0.3) is 0 Å². The van der Waals surface area contributed by atoms with Crippen LogP contribution >= 0.6 is 7.60 Å². The first-order valence-electron chi connectivity index (χ1n) is 7.60. The molecular weight excluding hydrogens is 303 g/mol. The standard InChI is InChI=1S/C16H25O5P/c1-5-19-16(17)15(22(18,20-6-2)21-7-3)13(4)14-11-9-8-10-12-14/h8-13,15H,5-7H2,1-4H3. The molecule has 6 heteroatoms. The Bertz CT molecular complexity index is 493. The highest BCUT2D eigenvalue weighted by Crippen LogP contribution is 2.57. The molecule has 0 fully saturated rings. The van der Waals surface area contributed by atoms with Gasteiger partial charge in [0.2, 0.25) is 0 Å². The van der Waals surface area contributed by atoms with Gasteiger partial charge in [-0.15, -0.1) is 0 Å². The van der Waals surface area contributed by atoms with Crippen molar-refractivity contribution in [2.24, 2.45) is 0 Å². The maximum atomic E-state index is 13.1. The molecule has 0 saturated heterocycles. The van der Waals surface area contributed by atoms with Crippen molar-refractivity contribution < 1.29 is 23.1 Å². The lowest BCUT2D eigenvalue weighted by Gasteiger charge is -2.29. The summed E-state index contributed by atoms with van der Waals surface area (Å²) in [6, 6.07) is 9.42. The van der Waals surface area contributed by atoms with Gasteiger partial charge in [0.25, 0.3) is 0 Å². The van der Waals surface area contributed by atoms with Gasteiger partial charge in [0.15, 0.2) is 5.66 Å². The molecule has 0 N–H and O–H groups in total. The van der Waals surface area contributed by atoms with Crippen LogP contribution in [0.2, 0.25) is 0 Å². The molecule has 1 rings (SSSR count). The molecule has 0 aliphatic heterocycles. The number of benzene rings is 1. The number of rotatable bonds is 9. The Morgan fingerprint density at radius 2 is 1.59 bits per heavy atom. The molecule has 0 bridgehead atoms. The van der Waals surface area contributed by atoms with Gasteiger partial charge < -0.3 is 13.8 Å². The van der Waals surface area contributed by atoms with Gasteiger partial charge in [-0.3, -0.25) is 9.36 Å². The van der Waals surface area contributed by atoms with Crippen LogP contribution in [0.3, 0.4) is 0 Å². The summed E-state index contributed by atoms with van der Waals surface area (Å²) in [5.74, 6) is -0.895. The molecule has 1 aromatic rings. The van der Waals surface area contributed by atoms with E-state index >= 15 is 0 Å². The van der Waals surface area contributed by atoms with Crippen LogP contribution in [0.5, 0.6) is 0 Å². The molecular formula is C16H25O5P. The average Bonchev–Trinajstić information content (AvgIpc) is 2.49. The van der Waals surface area contributed by atoms with Crippen molar-refractivity contribution in [3.63, 3.8) is 0 Å². The fourth-order valence-corrected chi connectivity index (χ4v) is 4.50. The summed E-state index contributed by atoms with van der Waals surface area (Å²) in [6.45, 7) is 7.62. The highest BCUT2D eigenvalue weighted by molar-refractivity contribution is 7.55. The monoisotopic (exact) mass is 328 g/mol. The van der Waals surface area contributed by atoms with E-state index in [1.54, 1.807) is 20.8 Å². The van der Waals surface area contributed by atoms with E-state index in [1.807, 2.05) is 37.3 Å². The number of ether oxygens (including phenoxy) is 1. The van der Waals surface area contributed by atoms with E-state index in [2.05, 4.69) is 0 Å². The number of carbonyl (C=O) groups is 1. The van der Waals surface area contributed by atoms with Crippen molar-refractivity contribution in [1.82, 2.24) is 0 Å². The first-order chi connectivity index (χ1) is 10.5. The summed E-state index contributed by atoms with van der Waals surface area (Å²) in [6.07, 6.45) is 0. The predicted molar refractivity (Wildman–Crippen MR) is 86.1 cm³/mol. The van der Waals surface area contributed by atoms with Crippen molar-refractivity contribution in [3.05, 3.63) is 35.9 Å². The SMILES string of the molecule is CCOC(=O)C(C(C)c1ccccc1)P(=O)(OCC)OCC. The summed E-state index contributed by atoms with van der Waals surface area (Å²) < 4.78 is 29.0. The van der Waals surface area contributed by atoms with Gasteiger partial charge >= 0.3 is 13.6 Å². The van der Waals surface area contributed by atoms with Crippen molar-refractivity contribution in [1.29, 1.82) is 0 Å². The summed E-state index contributed by atoms with van der Waals surface area (Å²) >= 11 is 0. The normalized spacial score (nSPS) is 14.4. The van der Waals surface area contributed by atoms with Crippen LogP contribution in [0.15, 0.2) is 30.3 Å². The van der Waals surface area contributed by atoms with Crippen LogP contribution in [0, 0.1) is 0 Å². The molecule has 0 radical (unpaired) electrons. The molecule has 0 aliphatic carbocycles. The van der Waals surface area contributed by atoms with Gasteiger partial charge in [0.05, 0.1) is 19.8 Å². The van der Waals surface area contributed by atoms with E-state index in [-0.39, 0.29) is 25.7 Å². The second-order valence-corrected chi connectivity index (χ2v) is 6.92. The molecule has 0 saturated carbocycles. The molecule has 0 aromatic heterocycles. The maximum Gasteiger partial charge on any atom is 0.345 e. The first kappa shape index (κ1) is 18.9. The zero-order valence-electron chi connectivity index (χ0n) is 13.7. The Kier molecular flexibility index (Phi) is 7.80. The molecule has 2 unspecified atom stereocenters. The molecule has 0 heterocycles. The highest BCUT2D eigenvalue weighted by Gasteiger charge is 2.46. The Labute approximate surface area is 132 Å². The number of hydrogen-bond acceptors (Lipinski definition) is 5. The fraction of sp³-hybridized carbons (Fsp3) is 0.562. The first-order valence-corrected chi connectivity index (χ1v) is 9.21. The van der Waals surface area contributed by atoms with Gasteiger partial charge in [0.1, 0.15) is 0 Å². The number of carbonyl (C=O) groups excluding carboxylic acids is 1. The zero-order chi connectivity index (χ0) is 16.6. The third kappa shape index (κ3) is 4.67. The second kappa shape index (κ2) is 9.09. The predicted octanol–water partition coefficient (Wildman–Crippen LogP) is 3.99. The van der Waals surface area contributed by atoms with E-state index in [1.165, 1.54) is 0 Å². The summed E-state index contributed by atoms with van der Waals surface area (Å²) in [4.78, 5) is 12.4. The fourth-order valence-electron chi connectivity index (χ4n) is 2.33. The van der Waals surface area contributed by atoms with E-state index in [0.29, 0.717) is 0 Å². The van der Waals surface area contributed by atoms with Crippen molar-refractivity contribution in [2.45, 2.75) is 39.3 Å².